The first-order chi connectivity index (χ1) is 16.3. The number of carbonyl (C=O) groups excluding carboxylic acids is 1. The first-order valence-electron chi connectivity index (χ1n) is 11.2. The van der Waals surface area contributed by atoms with Gasteiger partial charge in [-0.3, -0.25) is 24.0 Å². The van der Waals surface area contributed by atoms with E-state index in [1.807, 2.05) is 44.2 Å². The summed E-state index contributed by atoms with van der Waals surface area (Å²) in [5.74, 6) is -0.596. The molecule has 0 aliphatic heterocycles. The van der Waals surface area contributed by atoms with Crippen LogP contribution in [-0.4, -0.2) is 21.2 Å². The number of rotatable bonds is 10. The molecule has 7 nitrogen and oxygen atoms in total. The Kier molecular flexibility index (Phi) is 8.70. The number of amides is 1. The maximum atomic E-state index is 13.4. The molecule has 0 saturated heterocycles. The van der Waals surface area contributed by atoms with E-state index in [1.165, 1.54) is 33.4 Å². The van der Waals surface area contributed by atoms with Crippen LogP contribution in [0.1, 0.15) is 43.1 Å². The van der Waals surface area contributed by atoms with Crippen molar-refractivity contribution in [3.8, 4) is 0 Å². The average molecular weight is 485 g/mol. The highest BCUT2D eigenvalue weighted by Crippen LogP contribution is 2.29. The number of H-pyrrole nitrogens is 1. The molecular formula is C25H29FN4O3S. The number of anilines is 2. The fraction of sp³-hybridized carbons (Fsp3) is 0.320. The van der Waals surface area contributed by atoms with Crippen molar-refractivity contribution < 1.29 is 9.18 Å². The second-order valence-corrected chi connectivity index (χ2v) is 9.30. The summed E-state index contributed by atoms with van der Waals surface area (Å²) in [7, 11) is 0. The number of hydrogen-bond acceptors (Lipinski definition) is 5. The highest BCUT2D eigenvalue weighted by atomic mass is 32.2. The topological polar surface area (TPSA) is 101 Å². The molecule has 1 amide bonds. The number of carbonyl (C=O) groups is 1. The Morgan fingerprint density at radius 1 is 1.15 bits per heavy atom. The van der Waals surface area contributed by atoms with Crippen LogP contribution in [0.25, 0.3) is 0 Å². The largest absolute Gasteiger partial charge is 0.383 e. The standard InChI is InChI=1S/C25H29FN4O3S/c1-3-4-14-29-23(27)22(24(32)28-25(29)33)30(15-18-8-6-5-7-9-18)21(31)16-34-17(2)19-10-12-20(26)13-11-19/h5-13,17H,3-4,14-16,27H2,1-2H3,(H,28,32,33). The van der Waals surface area contributed by atoms with Gasteiger partial charge in [0.1, 0.15) is 11.6 Å². The van der Waals surface area contributed by atoms with Crippen LogP contribution in [0.4, 0.5) is 15.9 Å². The molecule has 3 rings (SSSR count). The van der Waals surface area contributed by atoms with Crippen LogP contribution in [0, 0.1) is 5.82 Å². The summed E-state index contributed by atoms with van der Waals surface area (Å²) in [6, 6.07) is 15.4. The number of halogens is 1. The van der Waals surface area contributed by atoms with Crippen LogP contribution >= 0.6 is 11.8 Å². The summed E-state index contributed by atoms with van der Waals surface area (Å²) in [6.45, 7) is 4.39. The third-order valence-corrected chi connectivity index (χ3v) is 6.69. The van der Waals surface area contributed by atoms with E-state index < -0.39 is 11.2 Å². The predicted octanol–water partition coefficient (Wildman–Crippen LogP) is 4.09. The lowest BCUT2D eigenvalue weighted by molar-refractivity contribution is -0.116. The molecule has 1 heterocycles. The fourth-order valence-electron chi connectivity index (χ4n) is 3.54. The van der Waals surface area contributed by atoms with Crippen LogP contribution < -0.4 is 21.9 Å². The molecule has 0 saturated carbocycles. The third-order valence-electron chi connectivity index (χ3n) is 5.50. The maximum absolute atomic E-state index is 13.4. The molecule has 1 atom stereocenters. The predicted molar refractivity (Wildman–Crippen MR) is 136 cm³/mol. The van der Waals surface area contributed by atoms with Crippen LogP contribution in [0.15, 0.2) is 64.2 Å². The second-order valence-electron chi connectivity index (χ2n) is 7.97. The Bertz CT molecular complexity index is 1230. The summed E-state index contributed by atoms with van der Waals surface area (Å²) in [5, 5.41) is -0.0720. The highest BCUT2D eigenvalue weighted by molar-refractivity contribution is 8.00. The zero-order valence-corrected chi connectivity index (χ0v) is 20.1. The van der Waals surface area contributed by atoms with E-state index in [4.69, 9.17) is 5.73 Å². The van der Waals surface area contributed by atoms with E-state index in [0.717, 1.165) is 17.5 Å². The average Bonchev–Trinajstić information content (AvgIpc) is 2.82. The molecule has 1 unspecified atom stereocenters. The number of hydrogen-bond donors (Lipinski definition) is 2. The zero-order valence-electron chi connectivity index (χ0n) is 19.3. The van der Waals surface area contributed by atoms with Crippen molar-refractivity contribution in [3.05, 3.63) is 92.4 Å². The maximum Gasteiger partial charge on any atom is 0.330 e. The van der Waals surface area contributed by atoms with Crippen molar-refractivity contribution in [2.45, 2.75) is 45.0 Å². The van der Waals surface area contributed by atoms with Gasteiger partial charge < -0.3 is 5.73 Å². The second kappa shape index (κ2) is 11.7. The van der Waals surface area contributed by atoms with Gasteiger partial charge >= 0.3 is 5.69 Å². The zero-order chi connectivity index (χ0) is 24.7. The summed E-state index contributed by atoms with van der Waals surface area (Å²) in [4.78, 5) is 42.2. The number of nitrogens with zero attached hydrogens (tertiary/aromatic N) is 2. The summed E-state index contributed by atoms with van der Waals surface area (Å²) >= 11 is 1.37. The van der Waals surface area contributed by atoms with E-state index in [9.17, 15) is 18.8 Å². The SMILES string of the molecule is CCCCn1c(N)c(N(Cc2ccccc2)C(=O)CSC(C)c2ccc(F)cc2)c(=O)[nH]c1=O. The Morgan fingerprint density at radius 2 is 1.82 bits per heavy atom. The van der Waals surface area contributed by atoms with Crippen molar-refractivity contribution in [1.29, 1.82) is 0 Å². The molecule has 3 aromatic rings. The first-order valence-corrected chi connectivity index (χ1v) is 12.2. The van der Waals surface area contributed by atoms with Crippen LogP contribution in [0.5, 0.6) is 0 Å². The van der Waals surface area contributed by atoms with E-state index in [1.54, 1.807) is 12.1 Å². The van der Waals surface area contributed by atoms with Gasteiger partial charge in [0.2, 0.25) is 5.91 Å². The molecule has 0 spiro atoms. The Morgan fingerprint density at radius 3 is 2.47 bits per heavy atom. The van der Waals surface area contributed by atoms with Crippen molar-refractivity contribution >= 4 is 29.2 Å². The lowest BCUT2D eigenvalue weighted by Crippen LogP contribution is -2.41. The summed E-state index contributed by atoms with van der Waals surface area (Å²) in [5.41, 5.74) is 6.67. The quantitative estimate of drug-likeness (QED) is 0.451. The molecule has 0 bridgehead atoms. The highest BCUT2D eigenvalue weighted by Gasteiger charge is 2.25. The minimum absolute atomic E-state index is 0.0249. The van der Waals surface area contributed by atoms with E-state index in [0.29, 0.717) is 13.0 Å². The van der Waals surface area contributed by atoms with Crippen LogP contribution in [-0.2, 0) is 17.9 Å². The van der Waals surface area contributed by atoms with Gasteiger partial charge in [0.25, 0.3) is 5.56 Å². The number of aromatic nitrogens is 2. The summed E-state index contributed by atoms with van der Waals surface area (Å²) in [6.07, 6.45) is 1.54. The van der Waals surface area contributed by atoms with Crippen LogP contribution in [0.2, 0.25) is 0 Å². The van der Waals surface area contributed by atoms with Gasteiger partial charge in [-0.1, -0.05) is 55.8 Å². The van der Waals surface area contributed by atoms with Crippen LogP contribution in [0.3, 0.4) is 0 Å². The molecule has 0 aliphatic carbocycles. The van der Waals surface area contributed by atoms with Gasteiger partial charge in [-0.15, -0.1) is 11.8 Å². The number of nitrogens with one attached hydrogen (secondary N) is 1. The minimum Gasteiger partial charge on any atom is -0.383 e. The Balaban J connectivity index is 1.92. The number of benzene rings is 2. The van der Waals surface area contributed by atoms with Crippen molar-refractivity contribution in [3.63, 3.8) is 0 Å². The smallest absolute Gasteiger partial charge is 0.330 e. The van der Waals surface area contributed by atoms with E-state index in [-0.39, 0.29) is 40.8 Å². The number of thioether (sulfide) groups is 1. The molecule has 1 aromatic heterocycles. The van der Waals surface area contributed by atoms with E-state index >= 15 is 0 Å². The Hall–Kier alpha value is -3.33. The fourth-order valence-corrected chi connectivity index (χ4v) is 4.44. The molecule has 180 valence electrons. The third kappa shape index (κ3) is 6.17. The van der Waals surface area contributed by atoms with Crippen molar-refractivity contribution in [2.24, 2.45) is 0 Å². The van der Waals surface area contributed by atoms with Gasteiger partial charge in [0, 0.05) is 11.8 Å². The van der Waals surface area contributed by atoms with Gasteiger partial charge in [0.15, 0.2) is 5.69 Å². The first kappa shape index (κ1) is 25.3. The van der Waals surface area contributed by atoms with Crippen molar-refractivity contribution in [2.75, 3.05) is 16.4 Å². The lowest BCUT2D eigenvalue weighted by Gasteiger charge is -2.25. The number of aromatic amines is 1. The van der Waals surface area contributed by atoms with E-state index in [2.05, 4.69) is 4.98 Å². The van der Waals surface area contributed by atoms with Gasteiger partial charge in [-0.2, -0.15) is 0 Å². The molecule has 0 aliphatic rings. The molecule has 34 heavy (non-hydrogen) atoms. The van der Waals surface area contributed by atoms with Crippen molar-refractivity contribution in [1.82, 2.24) is 9.55 Å². The van der Waals surface area contributed by atoms with Gasteiger partial charge in [-0.25, -0.2) is 9.18 Å². The number of nitrogen functional groups attached to an aromatic ring is 1. The molecule has 9 heteroatoms. The van der Waals surface area contributed by atoms with Gasteiger partial charge in [0.05, 0.1) is 12.3 Å². The molecular weight excluding hydrogens is 455 g/mol. The number of nitrogens with two attached hydrogens (primary N) is 1. The minimum atomic E-state index is -0.698. The molecule has 2 aromatic carbocycles. The Labute approximate surface area is 201 Å². The molecule has 0 fully saturated rings. The monoisotopic (exact) mass is 484 g/mol. The molecule has 0 radical (unpaired) electrons. The normalized spacial score (nSPS) is 11.9. The molecule has 3 N–H and O–H groups in total. The summed E-state index contributed by atoms with van der Waals surface area (Å²) < 4.78 is 14.5. The van der Waals surface area contributed by atoms with Gasteiger partial charge in [-0.05, 0) is 36.6 Å². The lowest BCUT2D eigenvalue weighted by atomic mass is 10.2. The number of unbranched alkanes of at least 4 members (excludes halogenated alkanes) is 1.